The average molecular weight is 327 g/mol. The van der Waals surface area contributed by atoms with Crippen LogP contribution in [0, 0.1) is 5.82 Å². The molecule has 0 spiro atoms. The summed E-state index contributed by atoms with van der Waals surface area (Å²) in [7, 11) is 1.57. The molecule has 0 radical (unpaired) electrons. The minimum Gasteiger partial charge on any atom is -0.383 e. The van der Waals surface area contributed by atoms with Crippen LogP contribution in [-0.4, -0.2) is 17.9 Å². The fourth-order valence-corrected chi connectivity index (χ4v) is 3.38. The Morgan fingerprint density at radius 1 is 1.35 bits per heavy atom. The second-order valence-corrected chi connectivity index (χ2v) is 5.79. The number of carbonyl (C=O) groups is 1. The molecule has 6 heteroatoms. The van der Waals surface area contributed by atoms with Gasteiger partial charge in [-0.1, -0.05) is 12.1 Å². The lowest BCUT2D eigenvalue weighted by Crippen LogP contribution is -2.13. The molecule has 116 valence electrons. The van der Waals surface area contributed by atoms with E-state index >= 15 is 0 Å². The molecule has 0 atom stereocenters. The molecule has 4 nitrogen and oxygen atoms in total. The van der Waals surface area contributed by atoms with E-state index in [0.717, 1.165) is 26.8 Å². The number of nitrogens with two attached hydrogens (primary N) is 1. The van der Waals surface area contributed by atoms with Crippen LogP contribution in [0.5, 0.6) is 0 Å². The highest BCUT2D eigenvalue weighted by molar-refractivity contribution is 7.18. The van der Waals surface area contributed by atoms with Gasteiger partial charge in [0, 0.05) is 40.5 Å². The molecule has 0 saturated carbocycles. The predicted molar refractivity (Wildman–Crippen MR) is 92.5 cm³/mol. The maximum atomic E-state index is 13.1. The van der Waals surface area contributed by atoms with Crippen molar-refractivity contribution in [2.45, 2.75) is 0 Å². The smallest absolute Gasteiger partial charge is 0.243 e. The lowest BCUT2D eigenvalue weighted by molar-refractivity contribution is -0.115. The Balaban J connectivity index is 2.14. The zero-order chi connectivity index (χ0) is 16.4. The van der Waals surface area contributed by atoms with Gasteiger partial charge in [-0.3, -0.25) is 4.79 Å². The van der Waals surface area contributed by atoms with Gasteiger partial charge in [-0.25, -0.2) is 9.37 Å². The van der Waals surface area contributed by atoms with Crippen molar-refractivity contribution in [2.24, 2.45) is 0 Å². The van der Waals surface area contributed by atoms with Gasteiger partial charge in [0.25, 0.3) is 0 Å². The van der Waals surface area contributed by atoms with Gasteiger partial charge in [-0.15, -0.1) is 11.3 Å². The third kappa shape index (κ3) is 2.93. The van der Waals surface area contributed by atoms with Gasteiger partial charge in [0.1, 0.15) is 11.6 Å². The summed E-state index contributed by atoms with van der Waals surface area (Å²) in [6.45, 7) is 0. The van der Waals surface area contributed by atoms with Gasteiger partial charge >= 0.3 is 0 Å². The van der Waals surface area contributed by atoms with E-state index in [1.54, 1.807) is 31.5 Å². The standard InChI is InChI=1S/C17H14FN3OS/c1-20-14(22)7-4-11-8-21-17(19)15-13(9-23-16(11)15)10-2-5-12(18)6-3-10/h2-9H,1H3,(H2,19,21)(H,20,22). The summed E-state index contributed by atoms with van der Waals surface area (Å²) in [5.74, 6) is -0.0588. The van der Waals surface area contributed by atoms with E-state index in [4.69, 9.17) is 5.73 Å². The van der Waals surface area contributed by atoms with Crippen molar-refractivity contribution in [3.63, 3.8) is 0 Å². The number of nitrogens with zero attached hydrogens (tertiary/aromatic N) is 1. The number of nitrogens with one attached hydrogen (secondary N) is 1. The van der Waals surface area contributed by atoms with E-state index in [2.05, 4.69) is 10.3 Å². The highest BCUT2D eigenvalue weighted by Crippen LogP contribution is 2.38. The molecule has 0 saturated heterocycles. The third-order valence-electron chi connectivity index (χ3n) is 3.47. The third-order valence-corrected chi connectivity index (χ3v) is 4.50. The average Bonchev–Trinajstić information content (AvgIpc) is 3.00. The summed E-state index contributed by atoms with van der Waals surface area (Å²) in [6, 6.07) is 6.25. The largest absolute Gasteiger partial charge is 0.383 e. The van der Waals surface area contributed by atoms with Gasteiger partial charge in [0.15, 0.2) is 0 Å². The van der Waals surface area contributed by atoms with Crippen LogP contribution in [0.4, 0.5) is 10.2 Å². The molecule has 3 rings (SSSR count). The summed E-state index contributed by atoms with van der Waals surface area (Å²) in [4.78, 5) is 15.6. The molecule has 1 aromatic carbocycles. The van der Waals surface area contributed by atoms with Crippen LogP contribution in [0.15, 0.2) is 41.9 Å². The SMILES string of the molecule is CNC(=O)C=Cc1cnc(N)c2c(-c3ccc(F)cc3)csc12. The Morgan fingerprint density at radius 2 is 2.09 bits per heavy atom. The van der Waals surface area contributed by atoms with Crippen LogP contribution >= 0.6 is 11.3 Å². The van der Waals surface area contributed by atoms with E-state index in [1.807, 2.05) is 5.38 Å². The molecule has 2 heterocycles. The number of anilines is 1. The van der Waals surface area contributed by atoms with E-state index in [9.17, 15) is 9.18 Å². The molecule has 0 fully saturated rings. The number of carbonyl (C=O) groups excluding carboxylic acids is 1. The summed E-state index contributed by atoms with van der Waals surface area (Å²) >= 11 is 1.52. The highest BCUT2D eigenvalue weighted by atomic mass is 32.1. The molecule has 0 aliphatic carbocycles. The van der Waals surface area contributed by atoms with Crippen LogP contribution in [0.1, 0.15) is 5.56 Å². The molecule has 0 bridgehead atoms. The maximum Gasteiger partial charge on any atom is 0.243 e. The number of amides is 1. The summed E-state index contributed by atoms with van der Waals surface area (Å²) in [5.41, 5.74) is 8.63. The number of nitrogen functional groups attached to an aromatic ring is 1. The van der Waals surface area contributed by atoms with Crippen molar-refractivity contribution in [1.82, 2.24) is 10.3 Å². The van der Waals surface area contributed by atoms with E-state index in [0.29, 0.717) is 5.82 Å². The summed E-state index contributed by atoms with van der Waals surface area (Å²) in [6.07, 6.45) is 4.80. The zero-order valence-electron chi connectivity index (χ0n) is 12.3. The molecule has 2 aromatic heterocycles. The van der Waals surface area contributed by atoms with Gasteiger partial charge in [0.05, 0.1) is 0 Å². The minimum atomic E-state index is -0.284. The Hall–Kier alpha value is -2.73. The number of benzene rings is 1. The number of rotatable bonds is 3. The molecule has 3 N–H and O–H groups in total. The zero-order valence-corrected chi connectivity index (χ0v) is 13.2. The van der Waals surface area contributed by atoms with Crippen molar-refractivity contribution < 1.29 is 9.18 Å². The monoisotopic (exact) mass is 327 g/mol. The van der Waals surface area contributed by atoms with Crippen LogP contribution in [-0.2, 0) is 4.79 Å². The fourth-order valence-electron chi connectivity index (χ4n) is 2.30. The van der Waals surface area contributed by atoms with Gasteiger partial charge in [-0.2, -0.15) is 0 Å². The fraction of sp³-hybridized carbons (Fsp3) is 0.0588. The quantitative estimate of drug-likeness (QED) is 0.724. The lowest BCUT2D eigenvalue weighted by atomic mass is 10.0. The first-order valence-corrected chi connectivity index (χ1v) is 7.79. The second kappa shape index (κ2) is 6.18. The first-order valence-electron chi connectivity index (χ1n) is 6.91. The van der Waals surface area contributed by atoms with E-state index in [-0.39, 0.29) is 11.7 Å². The number of hydrogen-bond acceptors (Lipinski definition) is 4. The lowest BCUT2D eigenvalue weighted by Gasteiger charge is -2.04. The first-order chi connectivity index (χ1) is 11.1. The molecule has 0 aliphatic heterocycles. The van der Waals surface area contributed by atoms with Crippen molar-refractivity contribution in [1.29, 1.82) is 0 Å². The number of aromatic nitrogens is 1. The number of halogens is 1. The van der Waals surface area contributed by atoms with Crippen LogP contribution < -0.4 is 11.1 Å². The van der Waals surface area contributed by atoms with Crippen molar-refractivity contribution in [3.05, 3.63) is 53.3 Å². The van der Waals surface area contributed by atoms with Crippen molar-refractivity contribution >= 4 is 39.2 Å². The highest BCUT2D eigenvalue weighted by Gasteiger charge is 2.13. The normalized spacial score (nSPS) is 11.2. The Labute approximate surface area is 136 Å². The van der Waals surface area contributed by atoms with Crippen molar-refractivity contribution in [3.8, 4) is 11.1 Å². The van der Waals surface area contributed by atoms with Crippen LogP contribution in [0.2, 0.25) is 0 Å². The second-order valence-electron chi connectivity index (χ2n) is 4.91. The topological polar surface area (TPSA) is 68.0 Å². The number of likely N-dealkylation sites (N-methyl/N-ethyl adjacent to an activating group) is 1. The first kappa shape index (κ1) is 15.2. The number of thiophene rings is 1. The molecule has 3 aromatic rings. The Kier molecular flexibility index (Phi) is 4.08. The molecule has 0 aliphatic rings. The predicted octanol–water partition coefficient (Wildman–Crippen LogP) is 3.44. The van der Waals surface area contributed by atoms with E-state index < -0.39 is 0 Å². The summed E-state index contributed by atoms with van der Waals surface area (Å²) < 4.78 is 14.1. The van der Waals surface area contributed by atoms with Crippen LogP contribution in [0.25, 0.3) is 27.3 Å². The Bertz CT molecular complexity index is 900. The van der Waals surface area contributed by atoms with Crippen molar-refractivity contribution in [2.75, 3.05) is 12.8 Å². The van der Waals surface area contributed by atoms with Crippen LogP contribution in [0.3, 0.4) is 0 Å². The Morgan fingerprint density at radius 3 is 2.78 bits per heavy atom. The molecule has 23 heavy (non-hydrogen) atoms. The molecule has 1 amide bonds. The summed E-state index contributed by atoms with van der Waals surface area (Å²) in [5, 5.41) is 5.31. The number of pyridine rings is 1. The molecular formula is C17H14FN3OS. The number of hydrogen-bond donors (Lipinski definition) is 2. The van der Waals surface area contributed by atoms with Gasteiger partial charge in [0.2, 0.25) is 5.91 Å². The van der Waals surface area contributed by atoms with Gasteiger partial charge < -0.3 is 11.1 Å². The van der Waals surface area contributed by atoms with Gasteiger partial charge in [-0.05, 0) is 29.2 Å². The number of fused-ring (bicyclic) bond motifs is 1. The van der Waals surface area contributed by atoms with E-state index in [1.165, 1.54) is 29.5 Å². The minimum absolute atomic E-state index is 0.190. The maximum absolute atomic E-state index is 13.1. The molecular weight excluding hydrogens is 313 g/mol. The molecule has 0 unspecified atom stereocenters.